The van der Waals surface area contributed by atoms with Crippen LogP contribution in [0, 0.1) is 6.92 Å². The minimum absolute atomic E-state index is 0.808. The van der Waals surface area contributed by atoms with Crippen LogP contribution in [0.1, 0.15) is 22.3 Å². The molecule has 1 aliphatic rings. The van der Waals surface area contributed by atoms with Crippen molar-refractivity contribution in [1.82, 2.24) is 4.40 Å². The molecule has 2 aromatic heterocycles. The molecular weight excluding hydrogens is 655 g/mol. The van der Waals surface area contributed by atoms with Gasteiger partial charge >= 0.3 is 0 Å². The summed E-state index contributed by atoms with van der Waals surface area (Å²) in [4.78, 5) is 10.4. The van der Waals surface area contributed by atoms with Crippen molar-refractivity contribution in [2.24, 2.45) is 9.98 Å². The van der Waals surface area contributed by atoms with Gasteiger partial charge in [-0.15, -0.1) is 0 Å². The van der Waals surface area contributed by atoms with Gasteiger partial charge in [-0.05, 0) is 76.8 Å². The van der Waals surface area contributed by atoms with Crippen LogP contribution in [0.5, 0.6) is 0 Å². The molecule has 0 bridgehead atoms. The van der Waals surface area contributed by atoms with Crippen molar-refractivity contribution in [2.75, 3.05) is 0 Å². The molecule has 3 nitrogen and oxygen atoms in total. The van der Waals surface area contributed by atoms with Crippen LogP contribution in [0.3, 0.4) is 0 Å². The first-order valence-electron chi connectivity index (χ1n) is 18.4. The Labute approximate surface area is 312 Å². The zero-order valence-electron chi connectivity index (χ0n) is 29.7. The Morgan fingerprint density at radius 3 is 2.07 bits per heavy atom. The lowest BCUT2D eigenvalue weighted by Gasteiger charge is -2.20. The van der Waals surface area contributed by atoms with Gasteiger partial charge in [0.1, 0.15) is 0 Å². The maximum atomic E-state index is 5.69. The number of aromatic nitrogens is 1. The summed E-state index contributed by atoms with van der Waals surface area (Å²) in [7, 11) is 0. The average molecular weight is 688 g/mol. The van der Waals surface area contributed by atoms with Gasteiger partial charge in [0.25, 0.3) is 0 Å². The van der Waals surface area contributed by atoms with E-state index in [9.17, 15) is 0 Å². The molecule has 1 aliphatic carbocycles. The number of aryl methyl sites for hydroxylation is 1. The number of para-hydroxylation sites is 2. The number of rotatable bonds is 4. The largest absolute Gasteiger partial charge is 0.307 e. The number of benzene rings is 8. The van der Waals surface area contributed by atoms with Crippen LogP contribution in [0.25, 0.3) is 82.5 Å². The van der Waals surface area contributed by atoms with Crippen LogP contribution in [0.15, 0.2) is 179 Å². The average Bonchev–Trinajstić information content (AvgIpc) is 3.74. The Kier molecular flexibility index (Phi) is 6.62. The summed E-state index contributed by atoms with van der Waals surface area (Å²) >= 11 is 0. The van der Waals surface area contributed by atoms with Gasteiger partial charge in [0, 0.05) is 49.2 Å². The molecule has 0 aliphatic heterocycles. The molecule has 2 heterocycles. The highest BCUT2D eigenvalue weighted by molar-refractivity contribution is 6.28. The monoisotopic (exact) mass is 687 g/mol. The van der Waals surface area contributed by atoms with Gasteiger partial charge in [0.05, 0.1) is 33.6 Å². The van der Waals surface area contributed by atoms with Crippen molar-refractivity contribution in [3.05, 3.63) is 192 Å². The molecule has 0 saturated carbocycles. The molecule has 0 radical (unpaired) electrons. The van der Waals surface area contributed by atoms with E-state index in [4.69, 9.17) is 9.98 Å². The maximum Gasteiger partial charge on any atom is 0.0809 e. The van der Waals surface area contributed by atoms with Crippen molar-refractivity contribution in [3.63, 3.8) is 0 Å². The molecule has 0 amide bonds. The van der Waals surface area contributed by atoms with E-state index in [1.165, 1.54) is 54.4 Å². The van der Waals surface area contributed by atoms with Crippen LogP contribution in [-0.2, 0) is 0 Å². The SMILES string of the molecule is C=N/C(=C1/C=Cc2ccccc2C1=Nc1cc2ccc3c4cccc5c6ccccc6n(c3c2cc1-c1ccccc1C)c54)c1ccc2ccccc2c1. The molecule has 3 heteroatoms. The zero-order valence-corrected chi connectivity index (χ0v) is 29.7. The van der Waals surface area contributed by atoms with Gasteiger partial charge < -0.3 is 4.40 Å². The highest BCUT2D eigenvalue weighted by Crippen LogP contribution is 2.45. The van der Waals surface area contributed by atoms with E-state index in [-0.39, 0.29) is 0 Å². The molecule has 0 spiro atoms. The number of hydrogen-bond acceptors (Lipinski definition) is 2. The number of allylic oxidation sites excluding steroid dienone is 2. The molecule has 11 rings (SSSR count). The molecule has 54 heavy (non-hydrogen) atoms. The van der Waals surface area contributed by atoms with Gasteiger partial charge in [-0.25, -0.2) is 4.99 Å². The van der Waals surface area contributed by atoms with Crippen LogP contribution >= 0.6 is 0 Å². The van der Waals surface area contributed by atoms with Crippen LogP contribution in [0.4, 0.5) is 5.69 Å². The highest BCUT2D eigenvalue weighted by Gasteiger charge is 2.23. The highest BCUT2D eigenvalue weighted by atomic mass is 14.9. The minimum atomic E-state index is 0.808. The molecule has 10 aromatic rings. The smallest absolute Gasteiger partial charge is 0.0809 e. The molecule has 0 saturated heterocycles. The molecule has 0 fully saturated rings. The van der Waals surface area contributed by atoms with Crippen molar-refractivity contribution in [1.29, 1.82) is 0 Å². The topological polar surface area (TPSA) is 29.1 Å². The lowest BCUT2D eigenvalue weighted by atomic mass is 9.88. The van der Waals surface area contributed by atoms with E-state index in [1.54, 1.807) is 0 Å². The molecule has 0 unspecified atom stereocenters. The molecule has 0 atom stereocenters. The second-order valence-electron chi connectivity index (χ2n) is 14.3. The summed E-state index contributed by atoms with van der Waals surface area (Å²) in [5, 5.41) is 9.81. The van der Waals surface area contributed by atoms with Gasteiger partial charge in [-0.2, -0.15) is 0 Å². The zero-order chi connectivity index (χ0) is 35.9. The van der Waals surface area contributed by atoms with Gasteiger partial charge in [-0.3, -0.25) is 4.99 Å². The van der Waals surface area contributed by atoms with E-state index in [1.807, 2.05) is 0 Å². The van der Waals surface area contributed by atoms with E-state index in [0.717, 1.165) is 61.3 Å². The Morgan fingerprint density at radius 2 is 1.20 bits per heavy atom. The summed E-state index contributed by atoms with van der Waals surface area (Å²) in [6.07, 6.45) is 4.32. The quantitative estimate of drug-likeness (QED) is 0.165. The van der Waals surface area contributed by atoms with Crippen LogP contribution in [-0.4, -0.2) is 16.8 Å². The fraction of sp³-hybridized carbons (Fsp3) is 0.0196. The van der Waals surface area contributed by atoms with Crippen molar-refractivity contribution < 1.29 is 0 Å². The molecular formula is C51H33N3. The summed E-state index contributed by atoms with van der Waals surface area (Å²) in [5.74, 6) is 0. The summed E-state index contributed by atoms with van der Waals surface area (Å²) in [6.45, 7) is 6.28. The van der Waals surface area contributed by atoms with Crippen molar-refractivity contribution in [3.8, 4) is 11.1 Å². The minimum Gasteiger partial charge on any atom is -0.307 e. The van der Waals surface area contributed by atoms with E-state index >= 15 is 0 Å². The molecule has 252 valence electrons. The third-order valence-corrected chi connectivity index (χ3v) is 11.3. The van der Waals surface area contributed by atoms with E-state index in [2.05, 4.69) is 188 Å². The fourth-order valence-corrected chi connectivity index (χ4v) is 8.81. The second-order valence-corrected chi connectivity index (χ2v) is 14.3. The second kappa shape index (κ2) is 11.7. The number of fused-ring (bicyclic) bond motifs is 10. The van der Waals surface area contributed by atoms with Gasteiger partial charge in [0.15, 0.2) is 0 Å². The van der Waals surface area contributed by atoms with Crippen LogP contribution in [0.2, 0.25) is 0 Å². The summed E-state index contributed by atoms with van der Waals surface area (Å²) < 4.78 is 2.49. The Morgan fingerprint density at radius 1 is 0.519 bits per heavy atom. The summed E-state index contributed by atoms with van der Waals surface area (Å²) in [5.41, 5.74) is 13.9. The third kappa shape index (κ3) is 4.42. The summed E-state index contributed by atoms with van der Waals surface area (Å²) in [6, 6.07) is 56.8. The predicted molar refractivity (Wildman–Crippen MR) is 231 cm³/mol. The Bertz CT molecular complexity index is 3300. The Balaban J connectivity index is 1.24. The lowest BCUT2D eigenvalue weighted by Crippen LogP contribution is -2.11. The molecule has 8 aromatic carbocycles. The van der Waals surface area contributed by atoms with E-state index in [0.29, 0.717) is 0 Å². The lowest BCUT2D eigenvalue weighted by molar-refractivity contribution is 1.38. The maximum absolute atomic E-state index is 5.69. The third-order valence-electron chi connectivity index (χ3n) is 11.3. The number of nitrogens with zero attached hydrogens (tertiary/aromatic N) is 3. The first-order valence-corrected chi connectivity index (χ1v) is 18.4. The van der Waals surface area contributed by atoms with Gasteiger partial charge in [-0.1, -0.05) is 140 Å². The Hall–Kier alpha value is -7.10. The van der Waals surface area contributed by atoms with Crippen molar-refractivity contribution in [2.45, 2.75) is 6.92 Å². The van der Waals surface area contributed by atoms with E-state index < -0.39 is 0 Å². The standard InChI is InChI=1S/C51H33N3/c1-31-12-3-7-16-37(31)45-30-44-35(25-26-42-41-20-11-19-40-39-18-9-10-21-47(39)54(50(40)41)51(42)44)29-46(45)53-49-38-17-8-6-14-33(38)24-27-43(49)48(52-2)36-23-22-32-13-4-5-15-34(32)28-36/h3-30H,2H2,1H3/b48-43-,53-49?. The predicted octanol–water partition coefficient (Wildman–Crippen LogP) is 13.4. The van der Waals surface area contributed by atoms with Gasteiger partial charge in [0.2, 0.25) is 0 Å². The van der Waals surface area contributed by atoms with Crippen molar-refractivity contribution >= 4 is 89.5 Å². The normalized spacial score (nSPS) is 14.6. The molecule has 0 N–H and O–H groups in total. The first-order chi connectivity index (χ1) is 26.7. The number of aliphatic imine (C=N–C) groups is 2. The fourth-order valence-electron chi connectivity index (χ4n) is 8.81. The van der Waals surface area contributed by atoms with Crippen LogP contribution < -0.4 is 0 Å². The number of hydrogen-bond donors (Lipinski definition) is 0. The first kappa shape index (κ1) is 30.5.